The Balaban J connectivity index is 1.98. The van der Waals surface area contributed by atoms with Crippen molar-refractivity contribution < 1.29 is 38.0 Å². The van der Waals surface area contributed by atoms with Gasteiger partial charge in [0.1, 0.15) is 8.15 Å². The molecule has 2 bridgehead atoms. The summed E-state index contributed by atoms with van der Waals surface area (Å²) in [6.07, 6.45) is 0. The molecule has 2 unspecified atom stereocenters. The summed E-state index contributed by atoms with van der Waals surface area (Å²) < 4.78 is 23.9. The van der Waals surface area contributed by atoms with E-state index in [-0.39, 0.29) is 0 Å². The number of rotatable bonds is 1. The van der Waals surface area contributed by atoms with Crippen LogP contribution in [0, 0.1) is 0 Å². The third-order valence-electron chi connectivity index (χ3n) is 1.88. The van der Waals surface area contributed by atoms with Gasteiger partial charge in [-0.05, 0) is 0 Å². The van der Waals surface area contributed by atoms with Crippen LogP contribution in [-0.4, -0.2) is 26.8 Å². The van der Waals surface area contributed by atoms with Crippen molar-refractivity contribution in [3.05, 3.63) is 0 Å². The van der Waals surface area contributed by atoms with Crippen LogP contribution in [0.3, 0.4) is 0 Å². The lowest BCUT2D eigenvalue weighted by Gasteiger charge is -2.31. The first-order valence-corrected chi connectivity index (χ1v) is 5.84. The molecule has 13 heavy (non-hydrogen) atoms. The van der Waals surface area contributed by atoms with Crippen LogP contribution >= 0.6 is 16.0 Å². The molecule has 4 rings (SSSR count). The molecule has 0 saturated carbocycles. The van der Waals surface area contributed by atoms with E-state index in [0.717, 1.165) is 0 Å². The second-order valence-electron chi connectivity index (χ2n) is 2.63. The second kappa shape index (κ2) is 1.88. The summed E-state index contributed by atoms with van der Waals surface area (Å²) in [6.45, 7) is 0. The van der Waals surface area contributed by atoms with Gasteiger partial charge in [0.05, 0.1) is 0 Å². The van der Waals surface area contributed by atoms with Crippen LogP contribution < -0.4 is 0 Å². The fourth-order valence-electron chi connectivity index (χ4n) is 1.11. The molecule has 4 fully saturated rings. The highest BCUT2D eigenvalue weighted by molar-refractivity contribution is 7.85. The van der Waals surface area contributed by atoms with Crippen molar-refractivity contribution in [1.29, 1.82) is 0 Å². The van der Waals surface area contributed by atoms with Crippen LogP contribution in [0.1, 0.15) is 0 Å². The molecule has 0 aromatic heterocycles. The van der Waals surface area contributed by atoms with E-state index in [0.29, 0.717) is 0 Å². The summed E-state index contributed by atoms with van der Waals surface area (Å²) >= 11 is 0. The van der Waals surface area contributed by atoms with Gasteiger partial charge in [0, 0.05) is 0 Å². The Hall–Kier alpha value is 0.0900. The Morgan fingerprint density at radius 1 is 1.46 bits per heavy atom. The number of aliphatic hydroxyl groups is 1. The van der Waals surface area contributed by atoms with E-state index in [2.05, 4.69) is 18.6 Å². The van der Waals surface area contributed by atoms with E-state index >= 15 is 0 Å². The molecule has 10 heteroatoms. The van der Waals surface area contributed by atoms with Crippen molar-refractivity contribution in [3.8, 4) is 0 Å². The summed E-state index contributed by atoms with van der Waals surface area (Å²) in [5, 5.41) is 7.17. The Kier molecular flexibility index (Phi) is 1.22. The van der Waals surface area contributed by atoms with Crippen LogP contribution in [0.4, 0.5) is 0 Å². The topological polar surface area (TPSA) is 112 Å². The number of hydrogen-bond donors (Lipinski definition) is 2. The number of fused-ring (bicyclic) bond motifs is 1. The Morgan fingerprint density at radius 3 is 2.31 bits per heavy atom. The van der Waals surface area contributed by atoms with Crippen LogP contribution in [0.2, 0.25) is 0 Å². The second-order valence-corrected chi connectivity index (χ2v) is 5.72. The standard InChI is InChI=1S/C3H2O8P2/c4-1-2(5,12(1)6)3-8-11-13(7,9-3)10-3/h5-6H. The van der Waals surface area contributed by atoms with Crippen molar-refractivity contribution in [2.45, 2.75) is 11.3 Å². The van der Waals surface area contributed by atoms with Crippen LogP contribution in [0.5, 0.6) is 0 Å². The Labute approximate surface area is 71.7 Å². The minimum Gasteiger partial charge on any atom is -0.368 e. The van der Waals surface area contributed by atoms with Crippen molar-refractivity contribution in [1.82, 2.24) is 0 Å². The summed E-state index contributed by atoms with van der Waals surface area (Å²) in [5.41, 5.74) is -0.862. The van der Waals surface area contributed by atoms with Crippen molar-refractivity contribution in [2.75, 3.05) is 0 Å². The number of hydrogen-bond acceptors (Lipinski definition) is 8. The van der Waals surface area contributed by atoms with Gasteiger partial charge in [-0.2, -0.15) is 4.89 Å². The molecule has 2 N–H and O–H groups in total. The van der Waals surface area contributed by atoms with Gasteiger partial charge < -0.3 is 10.00 Å². The maximum absolute atomic E-state index is 10.9. The molecule has 0 aliphatic carbocycles. The third-order valence-corrected chi connectivity index (χ3v) is 4.64. The fraction of sp³-hybridized carbons (Fsp3) is 0.667. The van der Waals surface area contributed by atoms with Gasteiger partial charge in [-0.1, -0.05) is 0 Å². The quantitative estimate of drug-likeness (QED) is 0.450. The molecule has 4 saturated heterocycles. The summed E-state index contributed by atoms with van der Waals surface area (Å²) in [6, 6.07) is 0. The highest BCUT2D eigenvalue weighted by Crippen LogP contribution is 2.84. The monoisotopic (exact) mass is 228 g/mol. The van der Waals surface area contributed by atoms with Gasteiger partial charge >= 0.3 is 13.8 Å². The summed E-state index contributed by atoms with van der Waals surface area (Å²) in [5.74, 6) is -2.21. The van der Waals surface area contributed by atoms with E-state index in [1.165, 1.54) is 0 Å². The average molecular weight is 228 g/mol. The largest absolute Gasteiger partial charge is 0.511 e. The zero-order valence-corrected chi connectivity index (χ0v) is 7.53. The third kappa shape index (κ3) is 0.695. The Morgan fingerprint density at radius 2 is 2.00 bits per heavy atom. The van der Waals surface area contributed by atoms with E-state index in [1.807, 2.05) is 0 Å². The molecule has 8 nitrogen and oxygen atoms in total. The predicted octanol–water partition coefficient (Wildman–Crippen LogP) is -0.625. The van der Waals surface area contributed by atoms with Gasteiger partial charge in [-0.25, -0.2) is 13.6 Å². The van der Waals surface area contributed by atoms with Crippen LogP contribution in [0.25, 0.3) is 0 Å². The smallest absolute Gasteiger partial charge is 0.368 e. The molecule has 4 aliphatic heterocycles. The maximum Gasteiger partial charge on any atom is 0.511 e. The molecule has 4 aliphatic rings. The lowest BCUT2D eigenvalue weighted by molar-refractivity contribution is -0.402. The highest BCUT2D eigenvalue weighted by atomic mass is 31.2. The van der Waals surface area contributed by atoms with Gasteiger partial charge in [-0.15, -0.1) is 4.67 Å². The molecule has 0 amide bonds. The highest BCUT2D eigenvalue weighted by Gasteiger charge is 2.90. The summed E-state index contributed by atoms with van der Waals surface area (Å²) in [7, 11) is -5.99. The molecular formula is C3H2O8P2. The van der Waals surface area contributed by atoms with E-state index < -0.39 is 32.8 Å². The number of phosphoric ester groups is 1. The molecule has 0 spiro atoms. The molecule has 0 aromatic rings. The lowest BCUT2D eigenvalue weighted by Crippen LogP contribution is -2.51. The van der Waals surface area contributed by atoms with Gasteiger partial charge in [0.2, 0.25) is 5.52 Å². The predicted molar refractivity (Wildman–Crippen MR) is 33.8 cm³/mol. The van der Waals surface area contributed by atoms with E-state index in [4.69, 9.17) is 4.89 Å². The minimum atomic E-state index is -3.71. The molecular weight excluding hydrogens is 226 g/mol. The van der Waals surface area contributed by atoms with Crippen molar-refractivity contribution in [2.24, 2.45) is 0 Å². The first-order valence-electron chi connectivity index (χ1n) is 3.08. The van der Waals surface area contributed by atoms with Crippen molar-refractivity contribution >= 4 is 21.5 Å². The first kappa shape index (κ1) is 8.40. The van der Waals surface area contributed by atoms with E-state index in [1.54, 1.807) is 0 Å². The molecule has 2 atom stereocenters. The number of phosphoric acid groups is 1. The Bertz CT molecular complexity index is 354. The van der Waals surface area contributed by atoms with Crippen LogP contribution in [0.15, 0.2) is 0 Å². The first-order chi connectivity index (χ1) is 5.94. The molecule has 0 aromatic carbocycles. The van der Waals surface area contributed by atoms with Gasteiger partial charge in [-0.3, -0.25) is 4.79 Å². The van der Waals surface area contributed by atoms with Gasteiger partial charge in [0.25, 0.3) is 5.34 Å². The average Bonchev–Trinajstić information content (AvgIpc) is 2.45. The molecule has 72 valence electrons. The maximum atomic E-state index is 10.9. The summed E-state index contributed by atoms with van der Waals surface area (Å²) in [4.78, 5) is 24.0. The van der Waals surface area contributed by atoms with E-state index in [9.17, 15) is 14.5 Å². The molecule has 4 heterocycles. The van der Waals surface area contributed by atoms with Crippen molar-refractivity contribution in [3.63, 3.8) is 0 Å². The van der Waals surface area contributed by atoms with Crippen LogP contribution in [-0.2, 0) is 28.0 Å². The fourth-order valence-corrected chi connectivity index (χ4v) is 3.51. The van der Waals surface area contributed by atoms with Gasteiger partial charge in [0.15, 0.2) is 0 Å². The SMILES string of the molecule is O=C1P(O)C1(O)C12OOP(=O)(O1)O2. The zero-order chi connectivity index (χ0) is 9.48. The minimum absolute atomic E-state index is 0.862. The lowest BCUT2D eigenvalue weighted by atomic mass is 10.3. The zero-order valence-electron chi connectivity index (χ0n) is 5.74. The normalized spacial score (nSPS) is 63.5. The number of carbonyl (C=O) groups excluding carboxylic acids is 1. The number of carbonyl (C=O) groups is 1. The molecule has 0 radical (unpaired) electrons.